The Bertz CT molecular complexity index is 543. The molecule has 2 aromatic rings. The third-order valence-electron chi connectivity index (χ3n) is 2.85. The van der Waals surface area contributed by atoms with Gasteiger partial charge >= 0.3 is 0 Å². The molecule has 1 aromatic carbocycles. The van der Waals surface area contributed by atoms with Crippen molar-refractivity contribution in [3.05, 3.63) is 40.1 Å². The summed E-state index contributed by atoms with van der Waals surface area (Å²) in [6.07, 6.45) is 3.60. The quantitative estimate of drug-likeness (QED) is 0.587. The summed E-state index contributed by atoms with van der Waals surface area (Å²) in [5, 5.41) is 11.9. The second kappa shape index (κ2) is 3.96. The van der Waals surface area contributed by atoms with Crippen LogP contribution in [0, 0.1) is 10.1 Å². The summed E-state index contributed by atoms with van der Waals surface area (Å²) in [4.78, 5) is 10.7. The van der Waals surface area contributed by atoms with Crippen LogP contribution in [0.2, 0.25) is 0 Å². The van der Waals surface area contributed by atoms with Gasteiger partial charge in [0.25, 0.3) is 5.69 Å². The van der Waals surface area contributed by atoms with E-state index in [0.29, 0.717) is 0 Å². The average molecular weight is 218 g/mol. The summed E-state index contributed by atoms with van der Waals surface area (Å²) >= 11 is 0. The van der Waals surface area contributed by atoms with Crippen molar-refractivity contribution >= 4 is 16.6 Å². The van der Waals surface area contributed by atoms with Gasteiger partial charge in [0.1, 0.15) is 0 Å². The number of aryl methyl sites for hydroxylation is 2. The Labute approximate surface area is 93.6 Å². The normalized spacial score (nSPS) is 10.9. The summed E-state index contributed by atoms with van der Waals surface area (Å²) in [5.74, 6) is 0. The van der Waals surface area contributed by atoms with Crippen molar-refractivity contribution in [3.8, 4) is 0 Å². The molecule has 84 valence electrons. The number of aromatic nitrogens is 1. The molecule has 1 heterocycles. The van der Waals surface area contributed by atoms with E-state index in [1.165, 1.54) is 0 Å². The standard InChI is InChI=1S/C12H14N2O2/c1-3-4-9-10-7-8-13(2)11(10)5-6-12(9)14(15)16/h5-8H,3-4H2,1-2H3. The maximum absolute atomic E-state index is 10.9. The van der Waals surface area contributed by atoms with Crippen molar-refractivity contribution in [2.24, 2.45) is 7.05 Å². The topological polar surface area (TPSA) is 48.1 Å². The van der Waals surface area contributed by atoms with Crippen molar-refractivity contribution < 1.29 is 4.92 Å². The van der Waals surface area contributed by atoms with Gasteiger partial charge in [0, 0.05) is 35.8 Å². The monoisotopic (exact) mass is 218 g/mol. The van der Waals surface area contributed by atoms with Gasteiger partial charge in [-0.1, -0.05) is 13.3 Å². The van der Waals surface area contributed by atoms with E-state index >= 15 is 0 Å². The van der Waals surface area contributed by atoms with Gasteiger partial charge < -0.3 is 4.57 Å². The summed E-state index contributed by atoms with van der Waals surface area (Å²) in [7, 11) is 1.95. The molecule has 0 fully saturated rings. The lowest BCUT2D eigenvalue weighted by atomic mass is 10.0. The molecule has 0 unspecified atom stereocenters. The third kappa shape index (κ3) is 1.56. The van der Waals surface area contributed by atoms with Gasteiger partial charge in [-0.2, -0.15) is 0 Å². The summed E-state index contributed by atoms with van der Waals surface area (Å²) in [6.45, 7) is 2.03. The van der Waals surface area contributed by atoms with Crippen LogP contribution in [-0.4, -0.2) is 9.49 Å². The minimum absolute atomic E-state index is 0.237. The predicted octanol–water partition coefficient (Wildman–Crippen LogP) is 3.04. The first kappa shape index (κ1) is 10.7. The van der Waals surface area contributed by atoms with Gasteiger partial charge in [-0.25, -0.2) is 0 Å². The van der Waals surface area contributed by atoms with Crippen LogP contribution in [0.15, 0.2) is 24.4 Å². The maximum atomic E-state index is 10.9. The van der Waals surface area contributed by atoms with Crippen molar-refractivity contribution in [2.75, 3.05) is 0 Å². The number of fused-ring (bicyclic) bond motifs is 1. The van der Waals surface area contributed by atoms with Crippen molar-refractivity contribution in [1.29, 1.82) is 0 Å². The van der Waals surface area contributed by atoms with E-state index in [2.05, 4.69) is 0 Å². The fourth-order valence-electron chi connectivity index (χ4n) is 2.08. The highest BCUT2D eigenvalue weighted by Crippen LogP contribution is 2.29. The van der Waals surface area contributed by atoms with Gasteiger partial charge in [-0.15, -0.1) is 0 Å². The van der Waals surface area contributed by atoms with Crippen LogP contribution < -0.4 is 0 Å². The van der Waals surface area contributed by atoms with Crippen LogP contribution in [0.3, 0.4) is 0 Å². The molecule has 0 N–H and O–H groups in total. The summed E-state index contributed by atoms with van der Waals surface area (Å²) in [6, 6.07) is 5.37. The second-order valence-electron chi connectivity index (χ2n) is 3.93. The zero-order chi connectivity index (χ0) is 11.7. The lowest BCUT2D eigenvalue weighted by molar-refractivity contribution is -0.385. The van der Waals surface area contributed by atoms with Crippen LogP contribution in [0.1, 0.15) is 18.9 Å². The van der Waals surface area contributed by atoms with Crippen LogP contribution >= 0.6 is 0 Å². The first-order chi connectivity index (χ1) is 7.65. The lowest BCUT2D eigenvalue weighted by Gasteiger charge is -2.04. The van der Waals surface area contributed by atoms with E-state index in [9.17, 15) is 10.1 Å². The zero-order valence-electron chi connectivity index (χ0n) is 9.43. The minimum Gasteiger partial charge on any atom is -0.351 e. The molecule has 1 aromatic heterocycles. The van der Waals surface area contributed by atoms with Gasteiger partial charge in [-0.3, -0.25) is 10.1 Å². The molecule has 2 rings (SSSR count). The molecule has 0 spiro atoms. The van der Waals surface area contributed by atoms with Crippen LogP contribution in [0.5, 0.6) is 0 Å². The molecule has 16 heavy (non-hydrogen) atoms. The van der Waals surface area contributed by atoms with Crippen LogP contribution in [-0.2, 0) is 13.5 Å². The summed E-state index contributed by atoms with van der Waals surface area (Å²) in [5.41, 5.74) is 2.14. The Balaban J connectivity index is 2.73. The number of benzene rings is 1. The highest BCUT2D eigenvalue weighted by Gasteiger charge is 2.16. The van der Waals surface area contributed by atoms with Crippen molar-refractivity contribution in [2.45, 2.75) is 19.8 Å². The van der Waals surface area contributed by atoms with Crippen molar-refractivity contribution in [1.82, 2.24) is 4.57 Å². The fraction of sp³-hybridized carbons (Fsp3) is 0.333. The number of hydrogen-bond acceptors (Lipinski definition) is 2. The summed E-state index contributed by atoms with van der Waals surface area (Å²) < 4.78 is 1.98. The molecule has 0 aliphatic rings. The molecule has 0 amide bonds. The molecule has 0 aliphatic heterocycles. The predicted molar refractivity (Wildman–Crippen MR) is 63.6 cm³/mol. The second-order valence-corrected chi connectivity index (χ2v) is 3.93. The number of hydrogen-bond donors (Lipinski definition) is 0. The molecule has 0 bridgehead atoms. The molecule has 0 atom stereocenters. The van der Waals surface area contributed by atoms with Crippen LogP contribution in [0.4, 0.5) is 5.69 Å². The zero-order valence-corrected chi connectivity index (χ0v) is 9.43. The molecule has 4 nitrogen and oxygen atoms in total. The number of nitro benzene ring substituents is 1. The Hall–Kier alpha value is -1.84. The Morgan fingerprint density at radius 2 is 2.12 bits per heavy atom. The van der Waals surface area contributed by atoms with E-state index in [0.717, 1.165) is 29.3 Å². The smallest absolute Gasteiger partial charge is 0.273 e. The van der Waals surface area contributed by atoms with Gasteiger partial charge in [-0.05, 0) is 18.6 Å². The Morgan fingerprint density at radius 1 is 1.38 bits per heavy atom. The number of nitro groups is 1. The third-order valence-corrected chi connectivity index (χ3v) is 2.85. The molecule has 0 aliphatic carbocycles. The highest BCUT2D eigenvalue weighted by atomic mass is 16.6. The Morgan fingerprint density at radius 3 is 2.75 bits per heavy atom. The molecule has 0 radical (unpaired) electrons. The highest BCUT2D eigenvalue weighted by molar-refractivity contribution is 5.87. The van der Waals surface area contributed by atoms with Crippen LogP contribution in [0.25, 0.3) is 10.9 Å². The number of rotatable bonds is 3. The van der Waals surface area contributed by atoms with E-state index in [1.54, 1.807) is 6.07 Å². The first-order valence-corrected chi connectivity index (χ1v) is 5.36. The molecule has 0 saturated heterocycles. The fourth-order valence-corrected chi connectivity index (χ4v) is 2.08. The van der Waals surface area contributed by atoms with Gasteiger partial charge in [0.15, 0.2) is 0 Å². The minimum atomic E-state index is -0.294. The molecular formula is C12H14N2O2. The molecular weight excluding hydrogens is 204 g/mol. The first-order valence-electron chi connectivity index (χ1n) is 5.36. The largest absolute Gasteiger partial charge is 0.351 e. The molecule has 0 saturated carbocycles. The van der Waals surface area contributed by atoms with E-state index < -0.39 is 0 Å². The maximum Gasteiger partial charge on any atom is 0.273 e. The van der Waals surface area contributed by atoms with Crippen molar-refractivity contribution in [3.63, 3.8) is 0 Å². The average Bonchev–Trinajstić information content (AvgIpc) is 2.61. The molecule has 4 heteroatoms. The van der Waals surface area contributed by atoms with E-state index in [-0.39, 0.29) is 10.6 Å². The van der Waals surface area contributed by atoms with E-state index in [4.69, 9.17) is 0 Å². The Kier molecular flexibility index (Phi) is 2.64. The lowest BCUT2D eigenvalue weighted by Crippen LogP contribution is -1.96. The number of nitrogens with zero attached hydrogens (tertiary/aromatic N) is 2. The SMILES string of the molecule is CCCc1c([N+](=O)[O-])ccc2c1ccn2C. The van der Waals surface area contributed by atoms with Gasteiger partial charge in [0.2, 0.25) is 0 Å². The van der Waals surface area contributed by atoms with E-state index in [1.807, 2.05) is 36.9 Å². The van der Waals surface area contributed by atoms with Gasteiger partial charge in [0.05, 0.1) is 4.92 Å².